The highest BCUT2D eigenvalue weighted by Gasteiger charge is 2.24. The first-order valence-electron chi connectivity index (χ1n) is 8.94. The number of hydrogen-bond acceptors (Lipinski definition) is 6. The third kappa shape index (κ3) is 5.35. The molecule has 0 aliphatic heterocycles. The summed E-state index contributed by atoms with van der Waals surface area (Å²) in [5.74, 6) is -1.14. The first-order chi connectivity index (χ1) is 13.4. The van der Waals surface area contributed by atoms with E-state index in [1.165, 1.54) is 11.8 Å². The molecule has 3 amide bonds. The van der Waals surface area contributed by atoms with E-state index < -0.39 is 24.5 Å². The molecule has 0 radical (unpaired) electrons. The second-order valence-corrected chi connectivity index (χ2v) is 7.48. The quantitative estimate of drug-likeness (QED) is 0.543. The molecule has 2 aromatic rings. The van der Waals surface area contributed by atoms with Crippen molar-refractivity contribution in [2.45, 2.75) is 37.6 Å². The molecule has 0 unspecified atom stereocenters. The van der Waals surface area contributed by atoms with Crippen LogP contribution in [0, 0.1) is 13.8 Å². The lowest BCUT2D eigenvalue weighted by Gasteiger charge is -2.07. The van der Waals surface area contributed by atoms with Crippen molar-refractivity contribution < 1.29 is 19.1 Å². The summed E-state index contributed by atoms with van der Waals surface area (Å²) in [6, 6.07) is 9.32. The van der Waals surface area contributed by atoms with Crippen LogP contribution in [0.5, 0.6) is 0 Å². The number of nitrogens with one attached hydrogen (secondary N) is 2. The maximum atomic E-state index is 11.9. The molecule has 1 aliphatic rings. The molecule has 148 valence electrons. The average molecular weight is 402 g/mol. The Kier molecular flexibility index (Phi) is 6.35. The summed E-state index contributed by atoms with van der Waals surface area (Å²) in [6.45, 7) is 3.33. The summed E-state index contributed by atoms with van der Waals surface area (Å²) in [6.07, 6.45) is 1.85. The van der Waals surface area contributed by atoms with E-state index in [1.54, 1.807) is 0 Å². The number of benzene rings is 1. The second kappa shape index (κ2) is 8.92. The molecular formula is C19H22N4O4S. The molecule has 1 aromatic carbocycles. The van der Waals surface area contributed by atoms with Gasteiger partial charge in [0.1, 0.15) is 0 Å². The number of amides is 3. The highest BCUT2D eigenvalue weighted by atomic mass is 32.2. The summed E-state index contributed by atoms with van der Waals surface area (Å²) in [5.41, 5.74) is 2.68. The van der Waals surface area contributed by atoms with Crippen LogP contribution in [0.2, 0.25) is 0 Å². The number of para-hydroxylation sites is 1. The van der Waals surface area contributed by atoms with Gasteiger partial charge < -0.3 is 10.1 Å². The van der Waals surface area contributed by atoms with Crippen LogP contribution in [0.15, 0.2) is 35.2 Å². The molecule has 9 heteroatoms. The standard InChI is InChI=1S/C19H22N4O4S/c1-12-18(13(2)23(22-12)15-6-4-3-5-7-15)28-11-17(25)27-10-16(24)21-19(26)20-14-8-9-14/h3-7,14H,8-11H2,1-2H3,(H2,20,21,24,26). The van der Waals surface area contributed by atoms with Crippen molar-refractivity contribution in [2.24, 2.45) is 0 Å². The number of rotatable bonds is 7. The Balaban J connectivity index is 1.47. The Hall–Kier alpha value is -2.81. The minimum absolute atomic E-state index is 0.0454. The van der Waals surface area contributed by atoms with Gasteiger partial charge in [-0.3, -0.25) is 14.9 Å². The number of aryl methyl sites for hydroxylation is 1. The summed E-state index contributed by atoms with van der Waals surface area (Å²) < 4.78 is 6.77. The highest BCUT2D eigenvalue weighted by molar-refractivity contribution is 8.00. The Labute approximate surface area is 167 Å². The lowest BCUT2D eigenvalue weighted by atomic mass is 10.3. The van der Waals surface area contributed by atoms with Crippen molar-refractivity contribution in [2.75, 3.05) is 12.4 Å². The summed E-state index contributed by atoms with van der Waals surface area (Å²) >= 11 is 1.31. The van der Waals surface area contributed by atoms with Gasteiger partial charge in [0.05, 0.1) is 27.7 Å². The van der Waals surface area contributed by atoms with E-state index in [9.17, 15) is 14.4 Å². The van der Waals surface area contributed by atoms with Gasteiger partial charge in [-0.1, -0.05) is 18.2 Å². The number of carbonyl (C=O) groups is 3. The van der Waals surface area contributed by atoms with E-state index in [2.05, 4.69) is 15.7 Å². The minimum Gasteiger partial charge on any atom is -0.455 e. The number of esters is 1. The van der Waals surface area contributed by atoms with Gasteiger partial charge in [-0.25, -0.2) is 9.48 Å². The average Bonchev–Trinajstić information content (AvgIpc) is 3.43. The molecular weight excluding hydrogens is 380 g/mol. The molecule has 28 heavy (non-hydrogen) atoms. The van der Waals surface area contributed by atoms with E-state index in [1.807, 2.05) is 48.9 Å². The van der Waals surface area contributed by atoms with Crippen LogP contribution in [0.1, 0.15) is 24.2 Å². The van der Waals surface area contributed by atoms with Gasteiger partial charge in [0.25, 0.3) is 5.91 Å². The zero-order valence-corrected chi connectivity index (χ0v) is 16.5. The number of ether oxygens (including phenoxy) is 1. The first kappa shape index (κ1) is 19.9. The molecule has 8 nitrogen and oxygen atoms in total. The Morgan fingerprint density at radius 1 is 1.21 bits per heavy atom. The first-order valence-corrected chi connectivity index (χ1v) is 9.93. The van der Waals surface area contributed by atoms with Crippen LogP contribution in [-0.4, -0.2) is 46.1 Å². The molecule has 1 aromatic heterocycles. The summed E-state index contributed by atoms with van der Waals surface area (Å²) in [5, 5.41) is 9.29. The molecule has 1 aliphatic carbocycles. The maximum Gasteiger partial charge on any atom is 0.321 e. The molecule has 0 saturated heterocycles. The van der Waals surface area contributed by atoms with Gasteiger partial charge >= 0.3 is 12.0 Å². The third-order valence-electron chi connectivity index (χ3n) is 4.09. The van der Waals surface area contributed by atoms with Crippen molar-refractivity contribution in [1.82, 2.24) is 20.4 Å². The lowest BCUT2D eigenvalue weighted by Crippen LogP contribution is -2.42. The fourth-order valence-electron chi connectivity index (χ4n) is 2.59. The predicted molar refractivity (Wildman–Crippen MR) is 104 cm³/mol. The number of carbonyl (C=O) groups excluding carboxylic acids is 3. The van der Waals surface area contributed by atoms with Gasteiger partial charge in [-0.2, -0.15) is 5.10 Å². The molecule has 1 fully saturated rings. The van der Waals surface area contributed by atoms with E-state index in [0.717, 1.165) is 34.8 Å². The van der Waals surface area contributed by atoms with E-state index >= 15 is 0 Å². The molecule has 0 bridgehead atoms. The van der Waals surface area contributed by atoms with E-state index in [-0.39, 0.29) is 11.8 Å². The highest BCUT2D eigenvalue weighted by Crippen LogP contribution is 2.27. The maximum absolute atomic E-state index is 11.9. The van der Waals surface area contributed by atoms with Crippen LogP contribution in [0.4, 0.5) is 4.79 Å². The van der Waals surface area contributed by atoms with Gasteiger partial charge in [0.15, 0.2) is 6.61 Å². The van der Waals surface area contributed by atoms with Crippen molar-refractivity contribution in [3.63, 3.8) is 0 Å². The largest absolute Gasteiger partial charge is 0.455 e. The SMILES string of the molecule is Cc1nn(-c2ccccc2)c(C)c1SCC(=O)OCC(=O)NC(=O)NC1CC1. The van der Waals surface area contributed by atoms with Crippen LogP contribution in [0.25, 0.3) is 5.69 Å². The van der Waals surface area contributed by atoms with Crippen molar-refractivity contribution in [3.8, 4) is 5.69 Å². The predicted octanol–water partition coefficient (Wildman–Crippen LogP) is 2.11. The Morgan fingerprint density at radius 3 is 2.61 bits per heavy atom. The monoisotopic (exact) mass is 402 g/mol. The number of hydrogen-bond donors (Lipinski definition) is 2. The number of nitrogens with zero attached hydrogens (tertiary/aromatic N) is 2. The van der Waals surface area contributed by atoms with Gasteiger partial charge in [-0.05, 0) is 38.8 Å². The molecule has 1 saturated carbocycles. The van der Waals surface area contributed by atoms with Crippen molar-refractivity contribution in [1.29, 1.82) is 0 Å². The zero-order chi connectivity index (χ0) is 20.1. The van der Waals surface area contributed by atoms with Gasteiger partial charge in [0.2, 0.25) is 0 Å². The summed E-state index contributed by atoms with van der Waals surface area (Å²) in [7, 11) is 0. The topological polar surface area (TPSA) is 102 Å². The smallest absolute Gasteiger partial charge is 0.321 e. The Bertz CT molecular complexity index is 878. The lowest BCUT2D eigenvalue weighted by molar-refractivity contribution is -0.145. The van der Waals surface area contributed by atoms with Crippen LogP contribution < -0.4 is 10.6 Å². The van der Waals surface area contributed by atoms with Crippen molar-refractivity contribution in [3.05, 3.63) is 41.7 Å². The molecule has 0 spiro atoms. The number of imide groups is 1. The van der Waals surface area contributed by atoms with E-state index in [0.29, 0.717) is 0 Å². The Morgan fingerprint density at radius 2 is 1.93 bits per heavy atom. The van der Waals surface area contributed by atoms with Gasteiger partial charge in [-0.15, -0.1) is 11.8 Å². The normalized spacial score (nSPS) is 13.1. The van der Waals surface area contributed by atoms with Crippen LogP contribution in [0.3, 0.4) is 0 Å². The molecule has 1 heterocycles. The third-order valence-corrected chi connectivity index (χ3v) is 5.35. The number of aromatic nitrogens is 2. The fraction of sp³-hybridized carbons (Fsp3) is 0.368. The van der Waals surface area contributed by atoms with Crippen molar-refractivity contribution >= 4 is 29.7 Å². The van der Waals surface area contributed by atoms with Crippen LogP contribution >= 0.6 is 11.8 Å². The number of urea groups is 1. The molecule has 3 rings (SSSR count). The summed E-state index contributed by atoms with van der Waals surface area (Å²) in [4.78, 5) is 35.9. The zero-order valence-electron chi connectivity index (χ0n) is 15.7. The second-order valence-electron chi connectivity index (χ2n) is 6.49. The van der Waals surface area contributed by atoms with E-state index in [4.69, 9.17) is 4.74 Å². The molecule has 0 atom stereocenters. The minimum atomic E-state index is -0.652. The van der Waals surface area contributed by atoms with Gasteiger partial charge in [0, 0.05) is 6.04 Å². The van der Waals surface area contributed by atoms with Crippen LogP contribution in [-0.2, 0) is 14.3 Å². The fourth-order valence-corrected chi connectivity index (χ4v) is 3.48. The molecule has 2 N–H and O–H groups in total. The number of thioether (sulfide) groups is 1.